The monoisotopic (exact) mass is 377 g/mol. The Labute approximate surface area is 156 Å². The van der Waals surface area contributed by atoms with Crippen LogP contribution in [0, 0.1) is 0 Å². The summed E-state index contributed by atoms with van der Waals surface area (Å²) in [6.45, 7) is 0.555. The molecule has 2 unspecified atom stereocenters. The molecule has 9 heteroatoms. The summed E-state index contributed by atoms with van der Waals surface area (Å²) in [5.41, 5.74) is 6.62. The number of carbonyl (C=O) groups is 2. The molecular weight excluding hydrogens is 358 g/mol. The summed E-state index contributed by atoms with van der Waals surface area (Å²) >= 11 is 5.89. The van der Waals surface area contributed by atoms with Gasteiger partial charge in [-0.3, -0.25) is 9.59 Å². The standard InChI is InChI=1S/C17H20ClN5O3/c18-11-4-3-5-12(10-11)20-22-21-16(19)13-6-1-2-9-23(13)17(25)14-7-8-15(24)26-14/h3-5,10,13-14H,1-2,6-9H2,(H2,19,20,21). The molecule has 1 aromatic rings. The van der Waals surface area contributed by atoms with Gasteiger partial charge in [-0.25, -0.2) is 0 Å². The molecule has 2 aliphatic rings. The van der Waals surface area contributed by atoms with Crippen LogP contribution in [-0.4, -0.2) is 41.3 Å². The van der Waals surface area contributed by atoms with E-state index in [1.807, 2.05) is 0 Å². The van der Waals surface area contributed by atoms with Gasteiger partial charge in [0.05, 0.1) is 11.7 Å². The van der Waals surface area contributed by atoms with Crippen molar-refractivity contribution < 1.29 is 14.3 Å². The van der Waals surface area contributed by atoms with Crippen molar-refractivity contribution in [2.45, 2.75) is 44.2 Å². The first kappa shape index (κ1) is 18.3. The van der Waals surface area contributed by atoms with Crippen molar-refractivity contribution in [1.29, 1.82) is 0 Å². The van der Waals surface area contributed by atoms with Crippen molar-refractivity contribution in [3.63, 3.8) is 0 Å². The largest absolute Gasteiger partial charge is 0.452 e. The van der Waals surface area contributed by atoms with E-state index in [1.54, 1.807) is 29.2 Å². The lowest BCUT2D eigenvalue weighted by Crippen LogP contribution is -2.53. The van der Waals surface area contributed by atoms with E-state index in [1.165, 1.54) is 0 Å². The van der Waals surface area contributed by atoms with Crippen LogP contribution < -0.4 is 5.73 Å². The molecule has 1 amide bonds. The number of hydrogen-bond acceptors (Lipinski definition) is 5. The predicted molar refractivity (Wildman–Crippen MR) is 96.1 cm³/mol. The lowest BCUT2D eigenvalue weighted by Gasteiger charge is -2.36. The van der Waals surface area contributed by atoms with Gasteiger partial charge in [-0.15, -0.1) is 10.2 Å². The Kier molecular flexibility index (Phi) is 5.82. The highest BCUT2D eigenvalue weighted by atomic mass is 35.5. The second-order valence-electron chi connectivity index (χ2n) is 6.25. The average molecular weight is 378 g/mol. The molecule has 0 spiro atoms. The second kappa shape index (κ2) is 8.27. The number of carbonyl (C=O) groups excluding carboxylic acids is 2. The van der Waals surface area contributed by atoms with E-state index in [9.17, 15) is 9.59 Å². The number of likely N-dealkylation sites (tertiary alicyclic amines) is 1. The van der Waals surface area contributed by atoms with Gasteiger partial charge in [-0.2, -0.15) is 0 Å². The summed E-state index contributed by atoms with van der Waals surface area (Å²) in [7, 11) is 0. The Balaban J connectivity index is 1.70. The highest BCUT2D eigenvalue weighted by molar-refractivity contribution is 6.30. The number of cyclic esters (lactones) is 1. The van der Waals surface area contributed by atoms with Crippen LogP contribution in [0.1, 0.15) is 32.1 Å². The van der Waals surface area contributed by atoms with E-state index in [2.05, 4.69) is 15.4 Å². The molecule has 0 radical (unpaired) electrons. The van der Waals surface area contributed by atoms with Gasteiger partial charge in [0.1, 0.15) is 5.84 Å². The summed E-state index contributed by atoms with van der Waals surface area (Å²) in [5, 5.41) is 12.2. The average Bonchev–Trinajstić information content (AvgIpc) is 3.07. The number of ether oxygens (including phenoxy) is 1. The predicted octanol–water partition coefficient (Wildman–Crippen LogP) is 2.78. The highest BCUT2D eigenvalue weighted by Crippen LogP contribution is 2.23. The molecular formula is C17H20ClN5O3. The van der Waals surface area contributed by atoms with E-state index in [-0.39, 0.29) is 30.2 Å². The Morgan fingerprint density at radius 1 is 1.31 bits per heavy atom. The van der Waals surface area contributed by atoms with Crippen molar-refractivity contribution in [1.82, 2.24) is 4.90 Å². The number of esters is 1. The van der Waals surface area contributed by atoms with Gasteiger partial charge in [0.15, 0.2) is 6.10 Å². The van der Waals surface area contributed by atoms with Crippen molar-refractivity contribution in [2.75, 3.05) is 6.54 Å². The molecule has 2 fully saturated rings. The van der Waals surface area contributed by atoms with Crippen LogP contribution in [0.2, 0.25) is 5.02 Å². The fraction of sp³-hybridized carbons (Fsp3) is 0.471. The van der Waals surface area contributed by atoms with Gasteiger partial charge in [-0.1, -0.05) is 17.7 Å². The molecule has 2 atom stereocenters. The summed E-state index contributed by atoms with van der Waals surface area (Å²) < 4.78 is 5.09. The molecule has 138 valence electrons. The Hall–Kier alpha value is -2.48. The van der Waals surface area contributed by atoms with E-state index >= 15 is 0 Å². The maximum absolute atomic E-state index is 12.7. The first-order valence-corrected chi connectivity index (χ1v) is 8.92. The number of nitrogens with zero attached hydrogens (tertiary/aromatic N) is 4. The zero-order chi connectivity index (χ0) is 18.5. The smallest absolute Gasteiger partial charge is 0.306 e. The minimum Gasteiger partial charge on any atom is -0.452 e. The second-order valence-corrected chi connectivity index (χ2v) is 6.69. The molecule has 2 saturated heterocycles. The Bertz CT molecular complexity index is 752. The zero-order valence-corrected chi connectivity index (χ0v) is 14.9. The lowest BCUT2D eigenvalue weighted by atomic mass is 10.00. The third-order valence-corrected chi connectivity index (χ3v) is 4.65. The first-order valence-electron chi connectivity index (χ1n) is 8.54. The van der Waals surface area contributed by atoms with Crippen LogP contribution in [0.4, 0.5) is 5.69 Å². The zero-order valence-electron chi connectivity index (χ0n) is 14.2. The van der Waals surface area contributed by atoms with Crippen molar-refractivity contribution in [2.24, 2.45) is 21.2 Å². The maximum Gasteiger partial charge on any atom is 0.306 e. The van der Waals surface area contributed by atoms with Gasteiger partial charge < -0.3 is 15.4 Å². The SMILES string of the molecule is NC(=NN=Nc1cccc(Cl)c1)C1CCCCN1C(=O)C1CCC(=O)O1. The van der Waals surface area contributed by atoms with Crippen molar-refractivity contribution in [3.05, 3.63) is 29.3 Å². The Morgan fingerprint density at radius 3 is 2.88 bits per heavy atom. The fourth-order valence-corrected chi connectivity index (χ4v) is 3.30. The van der Waals surface area contributed by atoms with Crippen LogP contribution in [0.5, 0.6) is 0 Å². The van der Waals surface area contributed by atoms with Crippen molar-refractivity contribution in [3.8, 4) is 0 Å². The normalized spacial score (nSPS) is 24.1. The van der Waals surface area contributed by atoms with Crippen LogP contribution in [0.25, 0.3) is 0 Å². The molecule has 8 nitrogen and oxygen atoms in total. The number of piperidine rings is 1. The highest BCUT2D eigenvalue weighted by Gasteiger charge is 2.38. The number of amidine groups is 1. The molecule has 2 heterocycles. The molecule has 26 heavy (non-hydrogen) atoms. The number of amides is 1. The molecule has 2 N–H and O–H groups in total. The van der Waals surface area contributed by atoms with Gasteiger partial charge >= 0.3 is 5.97 Å². The van der Waals surface area contributed by atoms with E-state index < -0.39 is 6.10 Å². The van der Waals surface area contributed by atoms with Crippen LogP contribution >= 0.6 is 11.6 Å². The first-order chi connectivity index (χ1) is 12.5. The van der Waals surface area contributed by atoms with E-state index in [0.717, 1.165) is 12.8 Å². The van der Waals surface area contributed by atoms with E-state index in [0.29, 0.717) is 30.1 Å². The summed E-state index contributed by atoms with van der Waals surface area (Å²) in [6, 6.07) is 6.52. The van der Waals surface area contributed by atoms with Gasteiger partial charge in [-0.05, 0) is 42.7 Å². The molecule has 0 saturated carbocycles. The van der Waals surface area contributed by atoms with Crippen LogP contribution in [0.15, 0.2) is 39.7 Å². The quantitative estimate of drug-likeness (QED) is 0.286. The minimum absolute atomic E-state index is 0.216. The fourth-order valence-electron chi connectivity index (χ4n) is 3.12. The summed E-state index contributed by atoms with van der Waals surface area (Å²) in [5.74, 6) is -0.340. The van der Waals surface area contributed by atoms with Crippen LogP contribution in [0.3, 0.4) is 0 Å². The van der Waals surface area contributed by atoms with Gasteiger partial charge in [0.2, 0.25) is 0 Å². The summed E-state index contributed by atoms with van der Waals surface area (Å²) in [4.78, 5) is 25.6. The van der Waals surface area contributed by atoms with Gasteiger partial charge in [0, 0.05) is 24.4 Å². The molecule has 3 rings (SSSR count). The molecule has 0 bridgehead atoms. The number of benzene rings is 1. The molecule has 0 aromatic heterocycles. The van der Waals surface area contributed by atoms with Crippen molar-refractivity contribution >= 4 is 35.0 Å². The number of halogens is 1. The molecule has 0 aliphatic carbocycles. The lowest BCUT2D eigenvalue weighted by molar-refractivity contribution is -0.154. The van der Waals surface area contributed by atoms with Gasteiger partial charge in [0.25, 0.3) is 5.91 Å². The third-order valence-electron chi connectivity index (χ3n) is 4.42. The number of nitrogens with two attached hydrogens (primary N) is 1. The third kappa shape index (κ3) is 4.37. The topological polar surface area (TPSA) is 110 Å². The Morgan fingerprint density at radius 2 is 2.15 bits per heavy atom. The molecule has 1 aromatic carbocycles. The minimum atomic E-state index is -0.719. The summed E-state index contributed by atoms with van der Waals surface area (Å²) in [6.07, 6.45) is 2.46. The van der Waals surface area contributed by atoms with E-state index in [4.69, 9.17) is 22.1 Å². The maximum atomic E-state index is 12.7. The number of rotatable bonds is 4. The van der Waals surface area contributed by atoms with Crippen LogP contribution in [-0.2, 0) is 14.3 Å². The molecule has 2 aliphatic heterocycles. The number of hydrogen-bond donors (Lipinski definition) is 1.